The van der Waals surface area contributed by atoms with Crippen LogP contribution in [0.25, 0.3) is 5.65 Å². The molecule has 24 heavy (non-hydrogen) atoms. The fourth-order valence-corrected chi connectivity index (χ4v) is 2.63. The standard InChI is InChI=1S/C15H12BrFN4O3/c1-24-14-5-12(13(21(22)23)4-11(14)17)18-6-10-8-20-7-9(16)2-3-15(20)19-10/h2-5,7-8,18H,6H2,1H3. The number of rotatable bonds is 5. The maximum atomic E-state index is 13.7. The van der Waals surface area contributed by atoms with E-state index in [9.17, 15) is 14.5 Å². The fraction of sp³-hybridized carbons (Fsp3) is 0.133. The molecule has 1 aromatic carbocycles. The molecule has 0 aliphatic carbocycles. The van der Waals surface area contributed by atoms with Crippen LogP contribution < -0.4 is 10.1 Å². The number of benzene rings is 1. The SMILES string of the molecule is COc1cc(NCc2cn3cc(Br)ccc3n2)c([N+](=O)[O-])cc1F. The van der Waals surface area contributed by atoms with E-state index in [0.717, 1.165) is 16.2 Å². The predicted octanol–water partition coefficient (Wildman–Crippen LogP) is 3.76. The Morgan fingerprint density at radius 3 is 2.92 bits per heavy atom. The number of hydrogen-bond acceptors (Lipinski definition) is 5. The summed E-state index contributed by atoms with van der Waals surface area (Å²) < 4.78 is 21.3. The quantitative estimate of drug-likeness (QED) is 0.526. The molecule has 0 saturated heterocycles. The molecule has 0 aliphatic heterocycles. The summed E-state index contributed by atoms with van der Waals surface area (Å²) in [6.45, 7) is 0.245. The van der Waals surface area contributed by atoms with E-state index < -0.39 is 10.7 Å². The van der Waals surface area contributed by atoms with E-state index in [1.54, 1.807) is 6.20 Å². The lowest BCUT2D eigenvalue weighted by Gasteiger charge is -2.08. The van der Waals surface area contributed by atoms with Crippen molar-refractivity contribution in [2.24, 2.45) is 0 Å². The van der Waals surface area contributed by atoms with Gasteiger partial charge in [0.25, 0.3) is 5.69 Å². The van der Waals surface area contributed by atoms with Crippen LogP contribution in [0.15, 0.2) is 41.1 Å². The van der Waals surface area contributed by atoms with Crippen molar-refractivity contribution in [3.05, 3.63) is 62.8 Å². The van der Waals surface area contributed by atoms with Crippen molar-refractivity contribution in [1.82, 2.24) is 9.38 Å². The number of nitro groups is 1. The monoisotopic (exact) mass is 394 g/mol. The lowest BCUT2D eigenvalue weighted by molar-refractivity contribution is -0.384. The van der Waals surface area contributed by atoms with Gasteiger partial charge in [-0.15, -0.1) is 0 Å². The number of ether oxygens (including phenoxy) is 1. The van der Waals surface area contributed by atoms with Gasteiger partial charge in [-0.2, -0.15) is 0 Å². The normalized spacial score (nSPS) is 10.8. The highest BCUT2D eigenvalue weighted by Gasteiger charge is 2.19. The van der Waals surface area contributed by atoms with Crippen LogP contribution in [-0.4, -0.2) is 21.4 Å². The van der Waals surface area contributed by atoms with Crippen molar-refractivity contribution < 1.29 is 14.1 Å². The van der Waals surface area contributed by atoms with E-state index in [1.165, 1.54) is 13.2 Å². The molecule has 1 N–H and O–H groups in total. The molecular weight excluding hydrogens is 383 g/mol. The number of nitrogens with zero attached hydrogens (tertiary/aromatic N) is 3. The van der Waals surface area contributed by atoms with Gasteiger partial charge in [-0.3, -0.25) is 10.1 Å². The zero-order chi connectivity index (χ0) is 17.3. The minimum atomic E-state index is -0.785. The van der Waals surface area contributed by atoms with Gasteiger partial charge < -0.3 is 14.5 Å². The maximum absolute atomic E-state index is 13.7. The number of imidazole rings is 1. The van der Waals surface area contributed by atoms with Crippen LogP contribution in [0.5, 0.6) is 5.75 Å². The molecule has 7 nitrogen and oxygen atoms in total. The van der Waals surface area contributed by atoms with Crippen LogP contribution >= 0.6 is 15.9 Å². The molecule has 3 aromatic rings. The summed E-state index contributed by atoms with van der Waals surface area (Å²) in [5, 5.41) is 14.0. The Morgan fingerprint density at radius 1 is 1.42 bits per heavy atom. The van der Waals surface area contributed by atoms with Gasteiger partial charge >= 0.3 is 0 Å². The summed E-state index contributed by atoms with van der Waals surface area (Å²) in [5.74, 6) is -0.852. The second-order valence-electron chi connectivity index (χ2n) is 4.96. The van der Waals surface area contributed by atoms with Crippen molar-refractivity contribution in [3.8, 4) is 5.75 Å². The molecule has 0 bridgehead atoms. The average Bonchev–Trinajstić information content (AvgIpc) is 2.95. The first kappa shape index (κ1) is 16.2. The van der Waals surface area contributed by atoms with Crippen molar-refractivity contribution in [2.45, 2.75) is 6.54 Å². The lowest BCUT2D eigenvalue weighted by Crippen LogP contribution is -2.04. The van der Waals surface area contributed by atoms with E-state index in [4.69, 9.17) is 4.74 Å². The van der Waals surface area contributed by atoms with Gasteiger partial charge in [0.1, 0.15) is 11.3 Å². The first-order valence-electron chi connectivity index (χ1n) is 6.87. The number of methoxy groups -OCH3 is 1. The number of anilines is 1. The molecule has 2 aromatic heterocycles. The molecule has 0 radical (unpaired) electrons. The summed E-state index contributed by atoms with van der Waals surface area (Å²) in [4.78, 5) is 14.9. The van der Waals surface area contributed by atoms with Crippen LogP contribution in [0.4, 0.5) is 15.8 Å². The number of pyridine rings is 1. The highest BCUT2D eigenvalue weighted by atomic mass is 79.9. The van der Waals surface area contributed by atoms with Crippen molar-refractivity contribution in [3.63, 3.8) is 0 Å². The Kier molecular flexibility index (Phi) is 4.34. The summed E-state index contributed by atoms with van der Waals surface area (Å²) in [5.41, 5.74) is 1.24. The van der Waals surface area contributed by atoms with E-state index in [-0.39, 0.29) is 23.7 Å². The van der Waals surface area contributed by atoms with Crippen LogP contribution in [0.1, 0.15) is 5.69 Å². The third-order valence-corrected chi connectivity index (χ3v) is 3.86. The van der Waals surface area contributed by atoms with Gasteiger partial charge in [0.15, 0.2) is 11.6 Å². The number of nitrogens with one attached hydrogen (secondary N) is 1. The Morgan fingerprint density at radius 2 is 2.21 bits per heavy atom. The molecule has 0 amide bonds. The Balaban J connectivity index is 1.88. The van der Waals surface area contributed by atoms with Crippen LogP contribution in [0, 0.1) is 15.9 Å². The smallest absolute Gasteiger partial charge is 0.295 e. The largest absolute Gasteiger partial charge is 0.494 e. The summed E-state index contributed by atoms with van der Waals surface area (Å²) in [6.07, 6.45) is 3.66. The molecule has 0 spiro atoms. The minimum Gasteiger partial charge on any atom is -0.494 e. The number of aromatic nitrogens is 2. The molecule has 3 rings (SSSR count). The number of halogens is 2. The molecule has 0 saturated carbocycles. The Hall–Kier alpha value is -2.68. The molecule has 2 heterocycles. The molecule has 0 fully saturated rings. The van der Waals surface area contributed by atoms with Gasteiger partial charge in [0.2, 0.25) is 0 Å². The Labute approximate surface area is 144 Å². The van der Waals surface area contributed by atoms with Gasteiger partial charge in [0, 0.05) is 22.9 Å². The van der Waals surface area contributed by atoms with Crippen LogP contribution in [0.3, 0.4) is 0 Å². The number of nitro benzene ring substituents is 1. The highest BCUT2D eigenvalue weighted by Crippen LogP contribution is 2.32. The van der Waals surface area contributed by atoms with Crippen molar-refractivity contribution in [2.75, 3.05) is 12.4 Å². The van der Waals surface area contributed by atoms with E-state index in [2.05, 4.69) is 26.2 Å². The fourth-order valence-electron chi connectivity index (χ4n) is 2.28. The molecule has 124 valence electrons. The van der Waals surface area contributed by atoms with Gasteiger partial charge in [0.05, 0.1) is 30.3 Å². The van der Waals surface area contributed by atoms with E-state index in [1.807, 2.05) is 22.7 Å². The van der Waals surface area contributed by atoms with Crippen molar-refractivity contribution >= 4 is 33.0 Å². The predicted molar refractivity (Wildman–Crippen MR) is 89.8 cm³/mol. The third-order valence-electron chi connectivity index (χ3n) is 3.39. The van der Waals surface area contributed by atoms with Gasteiger partial charge in [-0.1, -0.05) is 0 Å². The molecule has 9 heteroatoms. The first-order valence-corrected chi connectivity index (χ1v) is 7.66. The van der Waals surface area contributed by atoms with Crippen LogP contribution in [0.2, 0.25) is 0 Å². The van der Waals surface area contributed by atoms with E-state index >= 15 is 0 Å². The van der Waals surface area contributed by atoms with Gasteiger partial charge in [-0.25, -0.2) is 9.37 Å². The number of hydrogen-bond donors (Lipinski definition) is 1. The third kappa shape index (κ3) is 3.16. The second kappa shape index (κ2) is 6.44. The number of fused-ring (bicyclic) bond motifs is 1. The first-order chi connectivity index (χ1) is 11.5. The average molecular weight is 395 g/mol. The highest BCUT2D eigenvalue weighted by molar-refractivity contribution is 9.10. The maximum Gasteiger partial charge on any atom is 0.295 e. The zero-order valence-corrected chi connectivity index (χ0v) is 14.1. The molecule has 0 aliphatic rings. The lowest BCUT2D eigenvalue weighted by atomic mass is 10.2. The van der Waals surface area contributed by atoms with Gasteiger partial charge in [-0.05, 0) is 28.1 Å². The molecular formula is C15H12BrFN4O3. The Bertz CT molecular complexity index is 928. The second-order valence-corrected chi connectivity index (χ2v) is 5.88. The molecule has 0 unspecified atom stereocenters. The minimum absolute atomic E-state index is 0.0676. The van der Waals surface area contributed by atoms with Crippen LogP contribution in [-0.2, 0) is 6.54 Å². The summed E-state index contributed by atoms with van der Waals surface area (Å²) >= 11 is 3.38. The van der Waals surface area contributed by atoms with E-state index in [0.29, 0.717) is 5.69 Å². The topological polar surface area (TPSA) is 81.7 Å². The summed E-state index contributed by atoms with van der Waals surface area (Å²) in [7, 11) is 1.30. The van der Waals surface area contributed by atoms with Crippen molar-refractivity contribution in [1.29, 1.82) is 0 Å². The molecule has 0 atom stereocenters. The zero-order valence-electron chi connectivity index (χ0n) is 12.5. The summed E-state index contributed by atoms with van der Waals surface area (Å²) in [6, 6.07) is 5.81.